The number of piperazine rings is 1. The Bertz CT molecular complexity index is 155. The summed E-state index contributed by atoms with van der Waals surface area (Å²) in [5.41, 5.74) is 0. The van der Waals surface area contributed by atoms with Crippen molar-refractivity contribution in [2.24, 2.45) is 0 Å². The van der Waals surface area contributed by atoms with Crippen LogP contribution in [0.3, 0.4) is 0 Å². The normalized spacial score (nSPS) is 21.8. The van der Waals surface area contributed by atoms with Gasteiger partial charge in [-0.1, -0.05) is 12.2 Å². The van der Waals surface area contributed by atoms with Crippen molar-refractivity contribution in [1.29, 1.82) is 0 Å². The van der Waals surface area contributed by atoms with E-state index in [-0.39, 0.29) is 0 Å². The Kier molecular flexibility index (Phi) is 4.46. The summed E-state index contributed by atoms with van der Waals surface area (Å²) in [5, 5.41) is 0. The molecule has 2 nitrogen and oxygen atoms in total. The fourth-order valence-electron chi connectivity index (χ4n) is 1.72. The topological polar surface area (TPSA) is 6.48 Å². The van der Waals surface area contributed by atoms with Gasteiger partial charge in [0, 0.05) is 38.8 Å². The van der Waals surface area contributed by atoms with Gasteiger partial charge in [-0.15, -0.1) is 0 Å². The van der Waals surface area contributed by atoms with Crippen LogP contribution in [-0.4, -0.2) is 48.6 Å². The molecule has 1 saturated heterocycles. The number of hydrogen-bond donors (Lipinski definition) is 0. The molecule has 0 saturated carbocycles. The molecule has 0 aromatic carbocycles. The zero-order chi connectivity index (χ0) is 9.68. The van der Waals surface area contributed by atoms with E-state index in [2.05, 4.69) is 42.7 Å². The van der Waals surface area contributed by atoms with Crippen LogP contribution in [-0.2, 0) is 0 Å². The molecule has 1 fully saturated rings. The first kappa shape index (κ1) is 10.7. The van der Waals surface area contributed by atoms with E-state index in [1.54, 1.807) is 0 Å². The van der Waals surface area contributed by atoms with Crippen molar-refractivity contribution in [3.63, 3.8) is 0 Å². The average molecular weight is 182 g/mol. The number of hydrogen-bond acceptors (Lipinski definition) is 2. The van der Waals surface area contributed by atoms with Gasteiger partial charge in [0.25, 0.3) is 0 Å². The van der Waals surface area contributed by atoms with E-state index in [1.807, 2.05) is 0 Å². The van der Waals surface area contributed by atoms with Gasteiger partial charge in [0.1, 0.15) is 0 Å². The molecule has 0 bridgehead atoms. The molecule has 0 atom stereocenters. The SMILES string of the molecule is CC=CCN1CCN(C(C)C)CC1. The van der Waals surface area contributed by atoms with Crippen LogP contribution in [0, 0.1) is 0 Å². The molecular formula is C11H22N2. The molecule has 0 N–H and O–H groups in total. The Hall–Kier alpha value is -0.340. The standard InChI is InChI=1S/C11H22N2/c1-4-5-6-12-7-9-13(10-8-12)11(2)3/h4-5,11H,6-10H2,1-3H3. The second kappa shape index (κ2) is 5.40. The Morgan fingerprint density at radius 1 is 1.15 bits per heavy atom. The highest BCUT2D eigenvalue weighted by atomic mass is 15.3. The fraction of sp³-hybridized carbons (Fsp3) is 0.818. The van der Waals surface area contributed by atoms with Crippen molar-refractivity contribution in [2.45, 2.75) is 26.8 Å². The lowest BCUT2D eigenvalue weighted by atomic mass is 10.2. The van der Waals surface area contributed by atoms with Gasteiger partial charge in [-0.3, -0.25) is 9.80 Å². The molecule has 0 radical (unpaired) electrons. The molecule has 0 spiro atoms. The first-order valence-electron chi connectivity index (χ1n) is 5.31. The largest absolute Gasteiger partial charge is 0.298 e. The van der Waals surface area contributed by atoms with Gasteiger partial charge >= 0.3 is 0 Å². The average Bonchev–Trinajstić information content (AvgIpc) is 2.15. The van der Waals surface area contributed by atoms with E-state index < -0.39 is 0 Å². The van der Waals surface area contributed by atoms with Crippen LogP contribution in [0.4, 0.5) is 0 Å². The lowest BCUT2D eigenvalue weighted by molar-refractivity contribution is 0.117. The first-order chi connectivity index (χ1) is 6.24. The zero-order valence-corrected chi connectivity index (χ0v) is 9.16. The lowest BCUT2D eigenvalue weighted by Gasteiger charge is -2.36. The second-order valence-corrected chi connectivity index (χ2v) is 4.00. The van der Waals surface area contributed by atoms with Crippen LogP contribution in [0.25, 0.3) is 0 Å². The highest BCUT2D eigenvalue weighted by Crippen LogP contribution is 2.05. The van der Waals surface area contributed by atoms with E-state index in [9.17, 15) is 0 Å². The van der Waals surface area contributed by atoms with Crippen LogP contribution >= 0.6 is 0 Å². The van der Waals surface area contributed by atoms with E-state index >= 15 is 0 Å². The van der Waals surface area contributed by atoms with Crippen LogP contribution in [0.2, 0.25) is 0 Å². The number of nitrogens with zero attached hydrogens (tertiary/aromatic N) is 2. The summed E-state index contributed by atoms with van der Waals surface area (Å²) in [5.74, 6) is 0. The first-order valence-corrected chi connectivity index (χ1v) is 5.31. The van der Waals surface area contributed by atoms with Crippen molar-refractivity contribution in [3.8, 4) is 0 Å². The number of allylic oxidation sites excluding steroid dienone is 1. The van der Waals surface area contributed by atoms with Crippen LogP contribution in [0.15, 0.2) is 12.2 Å². The maximum absolute atomic E-state index is 2.55. The smallest absolute Gasteiger partial charge is 0.0164 e. The highest BCUT2D eigenvalue weighted by Gasteiger charge is 2.17. The second-order valence-electron chi connectivity index (χ2n) is 4.00. The van der Waals surface area contributed by atoms with Crippen molar-refractivity contribution in [1.82, 2.24) is 9.80 Å². The molecule has 1 heterocycles. The lowest BCUT2D eigenvalue weighted by Crippen LogP contribution is -2.48. The molecule has 2 heteroatoms. The molecule has 1 rings (SSSR count). The van der Waals surface area contributed by atoms with E-state index in [4.69, 9.17) is 0 Å². The summed E-state index contributed by atoms with van der Waals surface area (Å²) in [6.07, 6.45) is 4.37. The van der Waals surface area contributed by atoms with Crippen LogP contribution < -0.4 is 0 Å². The van der Waals surface area contributed by atoms with Gasteiger partial charge in [-0.05, 0) is 20.8 Å². The van der Waals surface area contributed by atoms with E-state index in [1.165, 1.54) is 26.2 Å². The predicted molar refractivity (Wildman–Crippen MR) is 58.0 cm³/mol. The molecule has 0 aromatic rings. The van der Waals surface area contributed by atoms with Gasteiger partial charge in [0.05, 0.1) is 0 Å². The maximum atomic E-state index is 2.55. The zero-order valence-electron chi connectivity index (χ0n) is 9.16. The summed E-state index contributed by atoms with van der Waals surface area (Å²) in [6.45, 7) is 12.7. The van der Waals surface area contributed by atoms with E-state index in [0.717, 1.165) is 6.54 Å². The molecule has 0 unspecified atom stereocenters. The molecular weight excluding hydrogens is 160 g/mol. The third-order valence-corrected chi connectivity index (χ3v) is 2.74. The highest BCUT2D eigenvalue weighted by molar-refractivity contribution is 4.84. The van der Waals surface area contributed by atoms with Crippen molar-refractivity contribution >= 4 is 0 Å². The Morgan fingerprint density at radius 3 is 2.23 bits per heavy atom. The summed E-state index contributed by atoms with van der Waals surface area (Å²) >= 11 is 0. The molecule has 1 aliphatic heterocycles. The monoisotopic (exact) mass is 182 g/mol. The quantitative estimate of drug-likeness (QED) is 0.612. The molecule has 1 aliphatic rings. The van der Waals surface area contributed by atoms with Crippen molar-refractivity contribution in [2.75, 3.05) is 32.7 Å². The van der Waals surface area contributed by atoms with Gasteiger partial charge < -0.3 is 0 Å². The minimum absolute atomic E-state index is 0.712. The van der Waals surface area contributed by atoms with Gasteiger partial charge in [0.2, 0.25) is 0 Å². The van der Waals surface area contributed by atoms with Gasteiger partial charge in [-0.25, -0.2) is 0 Å². The summed E-state index contributed by atoms with van der Waals surface area (Å²) in [4.78, 5) is 5.06. The number of rotatable bonds is 3. The Morgan fingerprint density at radius 2 is 1.77 bits per heavy atom. The van der Waals surface area contributed by atoms with Gasteiger partial charge in [-0.2, -0.15) is 0 Å². The maximum Gasteiger partial charge on any atom is 0.0164 e. The minimum atomic E-state index is 0.712. The van der Waals surface area contributed by atoms with E-state index in [0.29, 0.717) is 6.04 Å². The molecule has 0 amide bonds. The Labute approximate surface area is 82.2 Å². The Balaban J connectivity index is 2.22. The molecule has 76 valence electrons. The molecule has 0 aromatic heterocycles. The van der Waals surface area contributed by atoms with Crippen LogP contribution in [0.5, 0.6) is 0 Å². The third-order valence-electron chi connectivity index (χ3n) is 2.74. The fourth-order valence-corrected chi connectivity index (χ4v) is 1.72. The summed E-state index contributed by atoms with van der Waals surface area (Å²) in [7, 11) is 0. The third kappa shape index (κ3) is 3.49. The predicted octanol–water partition coefficient (Wildman–Crippen LogP) is 1.59. The summed E-state index contributed by atoms with van der Waals surface area (Å²) < 4.78 is 0. The minimum Gasteiger partial charge on any atom is -0.298 e. The van der Waals surface area contributed by atoms with Gasteiger partial charge in [0.15, 0.2) is 0 Å². The van der Waals surface area contributed by atoms with Crippen molar-refractivity contribution < 1.29 is 0 Å². The molecule has 0 aliphatic carbocycles. The summed E-state index contributed by atoms with van der Waals surface area (Å²) in [6, 6.07) is 0.712. The van der Waals surface area contributed by atoms with Crippen molar-refractivity contribution in [3.05, 3.63) is 12.2 Å². The molecule has 13 heavy (non-hydrogen) atoms. The van der Waals surface area contributed by atoms with Crippen LogP contribution in [0.1, 0.15) is 20.8 Å².